The van der Waals surface area contributed by atoms with E-state index in [1.165, 1.54) is 0 Å². The second-order valence-corrected chi connectivity index (χ2v) is 5.21. The molecule has 1 aromatic rings. The molecule has 0 aliphatic rings. The van der Waals surface area contributed by atoms with Crippen molar-refractivity contribution in [3.05, 3.63) is 29.8 Å². The van der Waals surface area contributed by atoms with E-state index < -0.39 is 0 Å². The van der Waals surface area contributed by atoms with E-state index in [-0.39, 0.29) is 11.6 Å². The van der Waals surface area contributed by atoms with Crippen LogP contribution in [0, 0.1) is 0 Å². The minimum absolute atomic E-state index is 0.101. The SMILES string of the molecule is CC[C@@H](O)c1ccccc1N(C)C(C)(C)CC. The quantitative estimate of drug-likeness (QED) is 0.840. The van der Waals surface area contributed by atoms with Gasteiger partial charge in [-0.05, 0) is 32.8 Å². The monoisotopic (exact) mass is 235 g/mol. The van der Waals surface area contributed by atoms with E-state index in [2.05, 4.69) is 38.8 Å². The summed E-state index contributed by atoms with van der Waals surface area (Å²) in [6, 6.07) is 8.13. The standard InChI is InChI=1S/C15H25NO/c1-6-14(17)12-10-8-9-11-13(12)16(5)15(3,4)7-2/h8-11,14,17H,6-7H2,1-5H3/t14-/m1/s1. The van der Waals surface area contributed by atoms with E-state index in [9.17, 15) is 5.11 Å². The average Bonchev–Trinajstić information content (AvgIpc) is 2.36. The van der Waals surface area contributed by atoms with E-state index in [4.69, 9.17) is 0 Å². The van der Waals surface area contributed by atoms with Gasteiger partial charge in [-0.25, -0.2) is 0 Å². The van der Waals surface area contributed by atoms with Crippen LogP contribution in [0.25, 0.3) is 0 Å². The molecule has 0 aliphatic heterocycles. The smallest absolute Gasteiger partial charge is 0.0807 e. The van der Waals surface area contributed by atoms with Crippen LogP contribution in [0.15, 0.2) is 24.3 Å². The number of para-hydroxylation sites is 1. The molecule has 1 atom stereocenters. The Hall–Kier alpha value is -1.02. The number of aliphatic hydroxyl groups is 1. The Labute approximate surface area is 105 Å². The van der Waals surface area contributed by atoms with Gasteiger partial charge in [0.15, 0.2) is 0 Å². The first-order valence-corrected chi connectivity index (χ1v) is 6.44. The Kier molecular flexibility index (Phi) is 4.58. The highest BCUT2D eigenvalue weighted by molar-refractivity contribution is 5.55. The lowest BCUT2D eigenvalue weighted by Gasteiger charge is -2.38. The summed E-state index contributed by atoms with van der Waals surface area (Å²) in [5.41, 5.74) is 2.26. The Morgan fingerprint density at radius 2 is 1.82 bits per heavy atom. The third-order valence-electron chi connectivity index (χ3n) is 3.82. The molecule has 1 N–H and O–H groups in total. The summed E-state index contributed by atoms with van der Waals surface area (Å²) < 4.78 is 0. The van der Waals surface area contributed by atoms with Gasteiger partial charge in [-0.2, -0.15) is 0 Å². The normalized spacial score (nSPS) is 13.5. The third-order valence-corrected chi connectivity index (χ3v) is 3.82. The fourth-order valence-corrected chi connectivity index (χ4v) is 1.86. The zero-order valence-corrected chi connectivity index (χ0v) is 11.7. The molecule has 1 rings (SSSR count). The molecule has 0 saturated heterocycles. The number of hydrogen-bond acceptors (Lipinski definition) is 2. The highest BCUT2D eigenvalue weighted by Crippen LogP contribution is 2.32. The second-order valence-electron chi connectivity index (χ2n) is 5.21. The average molecular weight is 235 g/mol. The van der Waals surface area contributed by atoms with Crippen LogP contribution in [0.5, 0.6) is 0 Å². The highest BCUT2D eigenvalue weighted by atomic mass is 16.3. The molecular formula is C15H25NO. The van der Waals surface area contributed by atoms with Gasteiger partial charge in [0, 0.05) is 23.8 Å². The molecule has 96 valence electrons. The first-order valence-electron chi connectivity index (χ1n) is 6.44. The number of rotatable bonds is 5. The van der Waals surface area contributed by atoms with Gasteiger partial charge >= 0.3 is 0 Å². The molecule has 2 heteroatoms. The van der Waals surface area contributed by atoms with Gasteiger partial charge in [-0.1, -0.05) is 32.0 Å². The summed E-state index contributed by atoms with van der Waals surface area (Å²) in [4.78, 5) is 2.27. The van der Waals surface area contributed by atoms with Crippen LogP contribution >= 0.6 is 0 Å². The van der Waals surface area contributed by atoms with Crippen molar-refractivity contribution in [2.75, 3.05) is 11.9 Å². The highest BCUT2D eigenvalue weighted by Gasteiger charge is 2.24. The lowest BCUT2D eigenvalue weighted by molar-refractivity contribution is 0.174. The minimum atomic E-state index is -0.374. The van der Waals surface area contributed by atoms with E-state index in [1.54, 1.807) is 0 Å². The number of aliphatic hydroxyl groups excluding tert-OH is 1. The summed E-state index contributed by atoms with van der Waals surface area (Å²) in [6.07, 6.45) is 1.44. The summed E-state index contributed by atoms with van der Waals surface area (Å²) >= 11 is 0. The maximum atomic E-state index is 10.1. The molecule has 0 fully saturated rings. The van der Waals surface area contributed by atoms with Crippen LogP contribution in [0.2, 0.25) is 0 Å². The summed E-state index contributed by atoms with van der Waals surface area (Å²) in [7, 11) is 2.10. The van der Waals surface area contributed by atoms with Crippen LogP contribution in [0.1, 0.15) is 52.2 Å². The van der Waals surface area contributed by atoms with Gasteiger partial charge < -0.3 is 10.0 Å². The third kappa shape index (κ3) is 3.01. The summed E-state index contributed by atoms with van der Waals surface area (Å²) in [5.74, 6) is 0. The molecule has 0 bridgehead atoms. The van der Waals surface area contributed by atoms with Crippen molar-refractivity contribution in [3.8, 4) is 0 Å². The van der Waals surface area contributed by atoms with Gasteiger partial charge in [0.1, 0.15) is 0 Å². The molecule has 0 radical (unpaired) electrons. The van der Waals surface area contributed by atoms with Crippen molar-refractivity contribution in [3.63, 3.8) is 0 Å². The maximum absolute atomic E-state index is 10.1. The number of nitrogens with zero attached hydrogens (tertiary/aromatic N) is 1. The lowest BCUT2D eigenvalue weighted by atomic mass is 9.96. The fourth-order valence-electron chi connectivity index (χ4n) is 1.86. The van der Waals surface area contributed by atoms with Gasteiger partial charge in [0.2, 0.25) is 0 Å². The Morgan fingerprint density at radius 1 is 1.24 bits per heavy atom. The van der Waals surface area contributed by atoms with Crippen molar-refractivity contribution in [2.45, 2.75) is 52.2 Å². The molecule has 0 spiro atoms. The van der Waals surface area contributed by atoms with E-state index >= 15 is 0 Å². The van der Waals surface area contributed by atoms with Crippen molar-refractivity contribution >= 4 is 5.69 Å². The second kappa shape index (κ2) is 5.54. The molecule has 2 nitrogen and oxygen atoms in total. The zero-order chi connectivity index (χ0) is 13.1. The molecule has 0 heterocycles. The molecule has 17 heavy (non-hydrogen) atoms. The van der Waals surface area contributed by atoms with Crippen LogP contribution in [0.3, 0.4) is 0 Å². The topological polar surface area (TPSA) is 23.5 Å². The molecule has 0 saturated carbocycles. The maximum Gasteiger partial charge on any atom is 0.0807 e. The zero-order valence-electron chi connectivity index (χ0n) is 11.7. The van der Waals surface area contributed by atoms with Crippen LogP contribution in [-0.4, -0.2) is 17.7 Å². The summed E-state index contributed by atoms with van der Waals surface area (Å²) in [5, 5.41) is 10.1. The number of benzene rings is 1. The van der Waals surface area contributed by atoms with E-state index in [0.29, 0.717) is 0 Å². The van der Waals surface area contributed by atoms with Gasteiger partial charge in [0.05, 0.1) is 6.10 Å². The fraction of sp³-hybridized carbons (Fsp3) is 0.600. The molecule has 1 aromatic carbocycles. The lowest BCUT2D eigenvalue weighted by Crippen LogP contribution is -2.41. The van der Waals surface area contributed by atoms with E-state index in [0.717, 1.165) is 24.1 Å². The Morgan fingerprint density at radius 3 is 2.35 bits per heavy atom. The molecule has 0 unspecified atom stereocenters. The van der Waals surface area contributed by atoms with Crippen LogP contribution < -0.4 is 4.90 Å². The molecular weight excluding hydrogens is 210 g/mol. The largest absolute Gasteiger partial charge is 0.388 e. The van der Waals surface area contributed by atoms with Crippen molar-refractivity contribution < 1.29 is 5.11 Å². The van der Waals surface area contributed by atoms with Gasteiger partial charge in [-0.3, -0.25) is 0 Å². The van der Waals surface area contributed by atoms with E-state index in [1.807, 2.05) is 25.1 Å². The van der Waals surface area contributed by atoms with Gasteiger partial charge in [-0.15, -0.1) is 0 Å². The molecule has 0 aliphatic carbocycles. The Balaban J connectivity index is 3.13. The number of anilines is 1. The van der Waals surface area contributed by atoms with Crippen molar-refractivity contribution in [1.29, 1.82) is 0 Å². The first kappa shape index (κ1) is 14.0. The summed E-state index contributed by atoms with van der Waals surface area (Å²) in [6.45, 7) is 8.64. The van der Waals surface area contributed by atoms with Crippen LogP contribution in [-0.2, 0) is 0 Å². The van der Waals surface area contributed by atoms with Crippen LogP contribution in [0.4, 0.5) is 5.69 Å². The number of hydrogen-bond donors (Lipinski definition) is 1. The first-order chi connectivity index (χ1) is 7.94. The Bertz CT molecular complexity index is 360. The predicted octanol–water partition coefficient (Wildman–Crippen LogP) is 3.75. The van der Waals surface area contributed by atoms with Crippen molar-refractivity contribution in [2.24, 2.45) is 0 Å². The predicted molar refractivity (Wildman–Crippen MR) is 74.5 cm³/mol. The molecule has 0 aromatic heterocycles. The molecule has 0 amide bonds. The van der Waals surface area contributed by atoms with Gasteiger partial charge in [0.25, 0.3) is 0 Å². The minimum Gasteiger partial charge on any atom is -0.388 e. The van der Waals surface area contributed by atoms with Crippen molar-refractivity contribution in [1.82, 2.24) is 0 Å².